The van der Waals surface area contributed by atoms with Crippen molar-refractivity contribution < 1.29 is 19.6 Å². The monoisotopic (exact) mass is 364 g/mol. The van der Waals surface area contributed by atoms with Crippen LogP contribution in [0.2, 0.25) is 0 Å². The number of nitrogens with zero attached hydrogens (tertiary/aromatic N) is 1. The highest BCUT2D eigenvalue weighted by Gasteiger charge is 2.40. The smallest absolute Gasteiger partial charge is 0.425 e. The number of hydrogen-bond acceptors (Lipinski definition) is 5. The highest BCUT2D eigenvalue weighted by molar-refractivity contribution is 7.83. The van der Waals surface area contributed by atoms with Gasteiger partial charge in [-0.15, -0.1) is 0 Å². The molecule has 1 rings (SSSR count). The van der Waals surface area contributed by atoms with Gasteiger partial charge in [0.25, 0.3) is 0 Å². The Morgan fingerprint density at radius 1 is 1.36 bits per heavy atom. The summed E-state index contributed by atoms with van der Waals surface area (Å²) in [6, 6.07) is 5.68. The first kappa shape index (κ1) is 21.3. The number of nitrogens with one attached hydrogen (secondary N) is 1. The molecule has 1 aromatic rings. The van der Waals surface area contributed by atoms with E-state index in [1.807, 2.05) is 32.0 Å². The number of thiol groups is 1. The highest BCUT2D eigenvalue weighted by Crippen LogP contribution is 2.21. The molecule has 0 fully saturated rings. The van der Waals surface area contributed by atoms with Gasteiger partial charge in [-0.25, -0.2) is 0 Å². The van der Waals surface area contributed by atoms with Crippen molar-refractivity contribution in [3.63, 3.8) is 0 Å². The molecule has 2 amide bonds. The zero-order valence-electron chi connectivity index (χ0n) is 14.8. The zero-order valence-corrected chi connectivity index (χ0v) is 15.7. The third kappa shape index (κ3) is 5.91. The summed E-state index contributed by atoms with van der Waals surface area (Å²) in [5.74, 6) is -0.912. The average Bonchev–Trinajstić information content (AvgIpc) is 2.55. The molecule has 8 heteroatoms. The van der Waals surface area contributed by atoms with Crippen molar-refractivity contribution in [2.75, 3.05) is 13.1 Å². The summed E-state index contributed by atoms with van der Waals surface area (Å²) in [5.41, 5.74) is 2.98. The molecular weight excluding hydrogens is 339 g/mol. The molecule has 0 saturated heterocycles. The molecule has 6 nitrogen and oxygen atoms in total. The highest BCUT2D eigenvalue weighted by atomic mass is 32.1. The number of hydrogen-bond donors (Lipinski definition) is 4. The molecule has 25 heavy (non-hydrogen) atoms. The number of amides is 2. The van der Waals surface area contributed by atoms with Crippen LogP contribution in [0.25, 0.3) is 0 Å². The van der Waals surface area contributed by atoms with E-state index in [0.29, 0.717) is 6.54 Å². The van der Waals surface area contributed by atoms with Crippen LogP contribution in [0.3, 0.4) is 0 Å². The van der Waals surface area contributed by atoms with E-state index in [1.54, 1.807) is 6.92 Å². The van der Waals surface area contributed by atoms with E-state index < -0.39 is 17.8 Å². The quantitative estimate of drug-likeness (QED) is 0.236. The van der Waals surface area contributed by atoms with Crippen molar-refractivity contribution in [2.45, 2.75) is 32.0 Å². The van der Waals surface area contributed by atoms with Crippen LogP contribution in [-0.4, -0.2) is 51.7 Å². The molecule has 136 valence electrons. The Labute approximate surface area is 154 Å². The molecule has 0 spiro atoms. The fraction of sp³-hybridized carbons (Fsp3) is 0.412. The lowest BCUT2D eigenvalue weighted by atomic mass is 9.74. The topological polar surface area (TPSA) is 89.9 Å². The minimum absolute atomic E-state index is 0.113. The predicted molar refractivity (Wildman–Crippen MR) is 102 cm³/mol. The Morgan fingerprint density at radius 3 is 2.48 bits per heavy atom. The first-order chi connectivity index (χ1) is 11.6. The summed E-state index contributed by atoms with van der Waals surface area (Å²) in [6.45, 7) is 9.17. The Morgan fingerprint density at radius 2 is 2.00 bits per heavy atom. The minimum Gasteiger partial charge on any atom is -0.425 e. The number of likely N-dealkylation sites (N-methyl/N-ethyl adjacent to an activating group) is 1. The van der Waals surface area contributed by atoms with Crippen LogP contribution in [-0.2, 0) is 16.0 Å². The summed E-state index contributed by atoms with van der Waals surface area (Å²) in [7, 11) is -1.88. The maximum Gasteiger partial charge on any atom is 0.489 e. The van der Waals surface area contributed by atoms with Crippen molar-refractivity contribution in [3.8, 4) is 0 Å². The van der Waals surface area contributed by atoms with Crippen LogP contribution in [0.1, 0.15) is 23.6 Å². The van der Waals surface area contributed by atoms with Gasteiger partial charge in [-0.2, -0.15) is 12.6 Å². The molecule has 0 aliphatic heterocycles. The molecule has 1 unspecified atom stereocenters. The van der Waals surface area contributed by atoms with E-state index in [4.69, 9.17) is 0 Å². The third-order valence-corrected chi connectivity index (χ3v) is 4.53. The summed E-state index contributed by atoms with van der Waals surface area (Å²) < 4.78 is -1.57. The number of carbonyl (C=O) groups excluding carboxylic acids is 2. The molecule has 0 aliphatic rings. The summed E-state index contributed by atoms with van der Waals surface area (Å²) in [4.78, 5) is 25.2. The first-order valence-electron chi connectivity index (χ1n) is 8.00. The maximum absolute atomic E-state index is 12.3. The number of rotatable bonds is 8. The largest absolute Gasteiger partial charge is 0.489 e. The Bertz CT molecular complexity index is 654. The minimum atomic E-state index is -1.88. The van der Waals surface area contributed by atoms with Crippen molar-refractivity contribution >= 4 is 31.6 Å². The van der Waals surface area contributed by atoms with Gasteiger partial charge in [0, 0.05) is 13.0 Å². The van der Waals surface area contributed by atoms with Crippen LogP contribution in [0.4, 0.5) is 0 Å². The molecular formula is C17H25BN2O4S. The van der Waals surface area contributed by atoms with Gasteiger partial charge in [-0.3, -0.25) is 9.59 Å². The summed E-state index contributed by atoms with van der Waals surface area (Å²) >= 11 is 4.30. The summed E-state index contributed by atoms with van der Waals surface area (Å²) in [5, 5.41) is 22.0. The molecule has 1 aromatic carbocycles. The van der Waals surface area contributed by atoms with E-state index in [9.17, 15) is 19.6 Å². The molecule has 0 aromatic heterocycles. The lowest BCUT2D eigenvalue weighted by Crippen LogP contribution is -2.59. The first-order valence-corrected chi connectivity index (χ1v) is 8.44. The molecule has 0 radical (unpaired) electrons. The average molecular weight is 364 g/mol. The Hall–Kier alpha value is -1.77. The molecule has 0 aliphatic carbocycles. The van der Waals surface area contributed by atoms with Gasteiger partial charge < -0.3 is 20.3 Å². The van der Waals surface area contributed by atoms with E-state index in [-0.39, 0.29) is 18.9 Å². The van der Waals surface area contributed by atoms with Crippen molar-refractivity contribution in [3.05, 3.63) is 47.5 Å². The standard InChI is InChI=1S/C17H25BN2O4S/c1-5-16(22)20(6-2)11-15(21)19-17(25,18(23)24)10-14-8-7-12(3)13(4)9-14/h5,7-9,23-25H,1,6,10-11H2,2-4H3,(H,19,21). The SMILES string of the molecule is C=CC(=O)N(CC)CC(=O)NC(S)(Cc1ccc(C)c(C)c1)B(O)O. The fourth-order valence-electron chi connectivity index (χ4n) is 2.35. The third-order valence-electron chi connectivity index (χ3n) is 4.03. The van der Waals surface area contributed by atoms with Gasteiger partial charge in [0.05, 0.1) is 6.54 Å². The molecule has 3 N–H and O–H groups in total. The number of benzene rings is 1. The lowest BCUT2D eigenvalue weighted by molar-refractivity contribution is -0.132. The lowest BCUT2D eigenvalue weighted by Gasteiger charge is -2.30. The van der Waals surface area contributed by atoms with Gasteiger partial charge in [0.15, 0.2) is 0 Å². The van der Waals surface area contributed by atoms with E-state index in [0.717, 1.165) is 22.8 Å². The zero-order chi connectivity index (χ0) is 19.2. The molecule has 0 bridgehead atoms. The van der Waals surface area contributed by atoms with Gasteiger partial charge in [-0.1, -0.05) is 24.8 Å². The van der Waals surface area contributed by atoms with Gasteiger partial charge in [0.1, 0.15) is 4.77 Å². The van der Waals surface area contributed by atoms with E-state index >= 15 is 0 Å². The molecule has 0 saturated carbocycles. The maximum atomic E-state index is 12.3. The van der Waals surface area contributed by atoms with Crippen LogP contribution in [0.5, 0.6) is 0 Å². The Balaban J connectivity index is 2.90. The summed E-state index contributed by atoms with van der Waals surface area (Å²) in [6.07, 6.45) is 1.24. The van der Waals surface area contributed by atoms with Crippen LogP contribution >= 0.6 is 12.6 Å². The Kier molecular flexibility index (Phi) is 7.73. The number of aryl methyl sites for hydroxylation is 2. The second-order valence-corrected chi connectivity index (χ2v) is 6.80. The van der Waals surface area contributed by atoms with Gasteiger partial charge in [0.2, 0.25) is 11.8 Å². The predicted octanol–water partition coefficient (Wildman–Crippen LogP) is 0.635. The van der Waals surface area contributed by atoms with Gasteiger partial charge in [-0.05, 0) is 43.5 Å². The van der Waals surface area contributed by atoms with Crippen LogP contribution in [0.15, 0.2) is 30.9 Å². The van der Waals surface area contributed by atoms with Crippen molar-refractivity contribution in [2.24, 2.45) is 0 Å². The van der Waals surface area contributed by atoms with Crippen LogP contribution < -0.4 is 5.32 Å². The molecule has 0 heterocycles. The number of carbonyl (C=O) groups is 2. The van der Waals surface area contributed by atoms with E-state index in [2.05, 4.69) is 24.5 Å². The van der Waals surface area contributed by atoms with Crippen LogP contribution in [0, 0.1) is 13.8 Å². The normalized spacial score (nSPS) is 12.9. The van der Waals surface area contributed by atoms with E-state index in [1.165, 1.54) is 4.90 Å². The second kappa shape index (κ2) is 9.08. The fourth-order valence-corrected chi connectivity index (χ4v) is 2.66. The van der Waals surface area contributed by atoms with Gasteiger partial charge >= 0.3 is 7.12 Å². The second-order valence-electron chi connectivity index (χ2n) is 6.00. The van der Waals surface area contributed by atoms with Crippen molar-refractivity contribution in [1.82, 2.24) is 10.2 Å². The van der Waals surface area contributed by atoms with Crippen molar-refractivity contribution in [1.29, 1.82) is 0 Å². The molecule has 1 atom stereocenters.